The van der Waals surface area contributed by atoms with E-state index in [4.69, 9.17) is 0 Å². The lowest BCUT2D eigenvalue weighted by atomic mass is 9.99. The van der Waals surface area contributed by atoms with E-state index in [-0.39, 0.29) is 11.5 Å². The van der Waals surface area contributed by atoms with Crippen LogP contribution in [0.1, 0.15) is 25.3 Å². The Morgan fingerprint density at radius 2 is 1.67 bits per heavy atom. The molecule has 3 aromatic rings. The Balaban J connectivity index is 2.50. The lowest BCUT2D eigenvalue weighted by molar-refractivity contribution is 0.474. The molecule has 0 saturated heterocycles. The second-order valence-electron chi connectivity index (χ2n) is 4.97. The topological polar surface area (TPSA) is 56.2 Å². The number of nitrogens with one attached hydrogen (secondary N) is 1. The van der Waals surface area contributed by atoms with Crippen molar-refractivity contribution in [2.45, 2.75) is 19.8 Å². The predicted molar refractivity (Wildman–Crippen MR) is 73.2 cm³/mol. The van der Waals surface area contributed by atoms with Crippen LogP contribution in [0.5, 0.6) is 11.5 Å². The van der Waals surface area contributed by atoms with Gasteiger partial charge in [0.15, 0.2) is 0 Å². The average molecular weight is 241 g/mol. The largest absolute Gasteiger partial charge is 0.508 e. The minimum absolute atomic E-state index is 0.234. The Morgan fingerprint density at radius 3 is 2.39 bits per heavy atom. The van der Waals surface area contributed by atoms with Crippen molar-refractivity contribution < 1.29 is 10.2 Å². The molecule has 3 rings (SSSR count). The highest BCUT2D eigenvalue weighted by Gasteiger charge is 2.12. The van der Waals surface area contributed by atoms with Crippen LogP contribution in [0.25, 0.3) is 21.8 Å². The van der Waals surface area contributed by atoms with Gasteiger partial charge in [0.2, 0.25) is 0 Å². The molecule has 0 bridgehead atoms. The number of aromatic hydroxyl groups is 2. The van der Waals surface area contributed by atoms with E-state index in [1.807, 2.05) is 6.07 Å². The molecule has 0 radical (unpaired) electrons. The number of fused-ring (bicyclic) bond motifs is 3. The van der Waals surface area contributed by atoms with E-state index in [2.05, 4.69) is 18.8 Å². The van der Waals surface area contributed by atoms with Gasteiger partial charge in [0.25, 0.3) is 0 Å². The fraction of sp³-hybridized carbons (Fsp3) is 0.200. The fourth-order valence-electron chi connectivity index (χ4n) is 2.45. The molecule has 0 aliphatic heterocycles. The summed E-state index contributed by atoms with van der Waals surface area (Å²) in [7, 11) is 0. The standard InChI is InChI=1S/C15H15NO2/c1-8(2)11-6-10(18)7-13-12-5-9(17)3-4-14(12)16-15(11)13/h3-8,16-18H,1-2H3. The zero-order chi connectivity index (χ0) is 12.9. The monoisotopic (exact) mass is 241 g/mol. The maximum atomic E-state index is 9.83. The van der Waals surface area contributed by atoms with E-state index in [9.17, 15) is 10.2 Å². The zero-order valence-corrected chi connectivity index (χ0v) is 10.4. The quantitative estimate of drug-likeness (QED) is 0.606. The van der Waals surface area contributed by atoms with Crippen LogP contribution in [-0.4, -0.2) is 15.2 Å². The van der Waals surface area contributed by atoms with Gasteiger partial charge in [0, 0.05) is 16.3 Å². The average Bonchev–Trinajstić information content (AvgIpc) is 2.66. The summed E-state index contributed by atoms with van der Waals surface area (Å²) in [4.78, 5) is 3.36. The second-order valence-corrected chi connectivity index (χ2v) is 4.97. The third-order valence-electron chi connectivity index (χ3n) is 3.33. The number of rotatable bonds is 1. The highest BCUT2D eigenvalue weighted by Crippen LogP contribution is 2.35. The number of hydrogen-bond donors (Lipinski definition) is 3. The molecule has 3 nitrogen and oxygen atoms in total. The summed E-state index contributed by atoms with van der Waals surface area (Å²) >= 11 is 0. The first-order chi connectivity index (χ1) is 8.56. The molecule has 18 heavy (non-hydrogen) atoms. The molecular weight excluding hydrogens is 226 g/mol. The molecule has 0 saturated carbocycles. The highest BCUT2D eigenvalue weighted by atomic mass is 16.3. The van der Waals surface area contributed by atoms with E-state index in [0.717, 1.165) is 27.4 Å². The maximum absolute atomic E-state index is 9.83. The van der Waals surface area contributed by atoms with Gasteiger partial charge in [-0.3, -0.25) is 0 Å². The summed E-state index contributed by atoms with van der Waals surface area (Å²) < 4.78 is 0. The molecule has 0 amide bonds. The first-order valence-electron chi connectivity index (χ1n) is 6.03. The van der Waals surface area contributed by atoms with Gasteiger partial charge in [0.1, 0.15) is 11.5 Å². The third kappa shape index (κ3) is 1.51. The minimum Gasteiger partial charge on any atom is -0.508 e. The lowest BCUT2D eigenvalue weighted by Gasteiger charge is -2.07. The van der Waals surface area contributed by atoms with Crippen molar-refractivity contribution in [3.8, 4) is 11.5 Å². The van der Waals surface area contributed by atoms with E-state index < -0.39 is 0 Å². The van der Waals surface area contributed by atoms with Crippen LogP contribution in [0.2, 0.25) is 0 Å². The number of phenolic OH excluding ortho intramolecular Hbond substituents is 2. The third-order valence-corrected chi connectivity index (χ3v) is 3.33. The van der Waals surface area contributed by atoms with Crippen LogP contribution < -0.4 is 0 Å². The van der Waals surface area contributed by atoms with Crippen LogP contribution in [0.4, 0.5) is 0 Å². The van der Waals surface area contributed by atoms with Gasteiger partial charge in [-0.1, -0.05) is 13.8 Å². The fourth-order valence-corrected chi connectivity index (χ4v) is 2.45. The Bertz CT molecular complexity index is 741. The van der Waals surface area contributed by atoms with Gasteiger partial charge >= 0.3 is 0 Å². The van der Waals surface area contributed by atoms with Crippen LogP contribution in [0, 0.1) is 0 Å². The minimum atomic E-state index is 0.234. The summed E-state index contributed by atoms with van der Waals surface area (Å²) in [6, 6.07) is 8.76. The summed E-state index contributed by atoms with van der Waals surface area (Å²) in [5.74, 6) is 0.814. The van der Waals surface area contributed by atoms with Crippen molar-refractivity contribution >= 4 is 21.8 Å². The Kier molecular flexibility index (Phi) is 2.23. The van der Waals surface area contributed by atoms with Crippen LogP contribution in [-0.2, 0) is 0 Å². The van der Waals surface area contributed by atoms with E-state index >= 15 is 0 Å². The highest BCUT2D eigenvalue weighted by molar-refractivity contribution is 6.09. The van der Waals surface area contributed by atoms with Gasteiger partial charge in [0.05, 0.1) is 5.52 Å². The summed E-state index contributed by atoms with van der Waals surface area (Å²) in [5.41, 5.74) is 3.08. The molecular formula is C15H15NO2. The molecule has 0 atom stereocenters. The second kappa shape index (κ2) is 3.67. The summed E-state index contributed by atoms with van der Waals surface area (Å²) in [6.07, 6.45) is 0. The van der Waals surface area contributed by atoms with Crippen LogP contribution in [0.15, 0.2) is 30.3 Å². The normalized spacial score (nSPS) is 11.7. The smallest absolute Gasteiger partial charge is 0.116 e. The number of H-pyrrole nitrogens is 1. The van der Waals surface area contributed by atoms with Gasteiger partial charge in [-0.2, -0.15) is 0 Å². The molecule has 0 fully saturated rings. The summed E-state index contributed by atoms with van der Waals surface area (Å²) in [5, 5.41) is 21.3. The number of aromatic nitrogens is 1. The van der Waals surface area contributed by atoms with Crippen LogP contribution in [0.3, 0.4) is 0 Å². The summed E-state index contributed by atoms with van der Waals surface area (Å²) in [6.45, 7) is 4.19. The maximum Gasteiger partial charge on any atom is 0.116 e. The number of aromatic amines is 1. The number of phenols is 2. The molecule has 3 N–H and O–H groups in total. The van der Waals surface area contributed by atoms with E-state index in [1.54, 1.807) is 24.3 Å². The molecule has 3 heteroatoms. The van der Waals surface area contributed by atoms with Crippen LogP contribution >= 0.6 is 0 Å². The number of benzene rings is 2. The van der Waals surface area contributed by atoms with Crippen molar-refractivity contribution in [3.05, 3.63) is 35.9 Å². The van der Waals surface area contributed by atoms with E-state index in [1.165, 1.54) is 0 Å². The SMILES string of the molecule is CC(C)c1cc(O)cc2c1[nH]c1ccc(O)cc12. The van der Waals surface area contributed by atoms with Gasteiger partial charge < -0.3 is 15.2 Å². The first kappa shape index (κ1) is 11.0. The van der Waals surface area contributed by atoms with Crippen molar-refractivity contribution in [2.24, 2.45) is 0 Å². The number of hydrogen-bond acceptors (Lipinski definition) is 2. The van der Waals surface area contributed by atoms with Crippen molar-refractivity contribution in [1.29, 1.82) is 0 Å². The molecule has 0 spiro atoms. The molecule has 2 aromatic carbocycles. The van der Waals surface area contributed by atoms with Gasteiger partial charge in [-0.15, -0.1) is 0 Å². The first-order valence-corrected chi connectivity index (χ1v) is 6.03. The Hall–Kier alpha value is -2.16. The molecule has 0 unspecified atom stereocenters. The molecule has 0 aliphatic rings. The van der Waals surface area contributed by atoms with Crippen molar-refractivity contribution in [3.63, 3.8) is 0 Å². The Labute approximate surface area is 105 Å². The molecule has 92 valence electrons. The Morgan fingerprint density at radius 1 is 0.944 bits per heavy atom. The van der Waals surface area contributed by atoms with E-state index in [0.29, 0.717) is 5.92 Å². The van der Waals surface area contributed by atoms with Gasteiger partial charge in [-0.25, -0.2) is 0 Å². The zero-order valence-electron chi connectivity index (χ0n) is 10.4. The molecule has 0 aliphatic carbocycles. The lowest BCUT2D eigenvalue weighted by Crippen LogP contribution is -1.88. The van der Waals surface area contributed by atoms with Crippen molar-refractivity contribution in [2.75, 3.05) is 0 Å². The van der Waals surface area contributed by atoms with Crippen molar-refractivity contribution in [1.82, 2.24) is 4.98 Å². The predicted octanol–water partition coefficient (Wildman–Crippen LogP) is 3.86. The molecule has 1 aromatic heterocycles. The molecule has 1 heterocycles. The van der Waals surface area contributed by atoms with Gasteiger partial charge in [-0.05, 0) is 41.8 Å².